The molecule has 1 unspecified atom stereocenters. The van der Waals surface area contributed by atoms with Crippen LogP contribution in [0.15, 0.2) is 59.5 Å². The van der Waals surface area contributed by atoms with Crippen molar-refractivity contribution in [1.29, 1.82) is 0 Å². The van der Waals surface area contributed by atoms with E-state index in [0.717, 1.165) is 10.5 Å². The molecule has 2 aromatic carbocycles. The number of nitrogens with zero attached hydrogens (tertiary/aromatic N) is 2. The third kappa shape index (κ3) is 6.99. The number of fused-ring (bicyclic) bond motifs is 1. The quantitative estimate of drug-likeness (QED) is 0.505. The van der Waals surface area contributed by atoms with Gasteiger partial charge < -0.3 is 16.0 Å². The highest BCUT2D eigenvalue weighted by Crippen LogP contribution is 2.29. The van der Waals surface area contributed by atoms with E-state index in [0.29, 0.717) is 49.7 Å². The van der Waals surface area contributed by atoms with Crippen molar-refractivity contribution < 1.29 is 13.8 Å². The number of amides is 2. The van der Waals surface area contributed by atoms with Crippen LogP contribution in [0.4, 0.5) is 0 Å². The first kappa shape index (κ1) is 27.8. The number of carbonyl (C=O) groups is 2. The van der Waals surface area contributed by atoms with Crippen molar-refractivity contribution in [1.82, 2.24) is 15.1 Å². The van der Waals surface area contributed by atoms with E-state index >= 15 is 0 Å². The van der Waals surface area contributed by atoms with Crippen LogP contribution in [0.2, 0.25) is 5.02 Å². The van der Waals surface area contributed by atoms with E-state index in [-0.39, 0.29) is 29.8 Å². The molecule has 4 rings (SSSR count). The van der Waals surface area contributed by atoms with Crippen molar-refractivity contribution in [3.63, 3.8) is 0 Å². The summed E-state index contributed by atoms with van der Waals surface area (Å²) in [5.41, 5.74) is 7.26. The highest BCUT2D eigenvalue weighted by atomic mass is 35.5. The van der Waals surface area contributed by atoms with E-state index in [1.807, 2.05) is 42.5 Å². The van der Waals surface area contributed by atoms with Crippen LogP contribution in [0.3, 0.4) is 0 Å². The molecule has 0 aromatic heterocycles. The molecule has 9 heteroatoms. The van der Waals surface area contributed by atoms with Crippen LogP contribution in [-0.4, -0.2) is 68.8 Å². The van der Waals surface area contributed by atoms with Gasteiger partial charge in [-0.1, -0.05) is 55.8 Å². The zero-order valence-corrected chi connectivity index (χ0v) is 23.1. The smallest absolute Gasteiger partial charge is 0.243 e. The Hall–Kier alpha value is -2.26. The van der Waals surface area contributed by atoms with Crippen LogP contribution in [0.5, 0.6) is 0 Å². The van der Waals surface area contributed by atoms with Gasteiger partial charge in [-0.3, -0.25) is 18.7 Å². The molecule has 0 saturated carbocycles. The number of carbonyl (C=O) groups excluding carboxylic acids is 2. The summed E-state index contributed by atoms with van der Waals surface area (Å²) in [5.74, 6) is 0.461. The van der Waals surface area contributed by atoms with E-state index in [1.54, 1.807) is 17.0 Å². The lowest BCUT2D eigenvalue weighted by atomic mass is 10.00. The SMILES string of the molecule is CC(C)C[C@H](C(=O)NCc1ccc(Cl)cc1)N1CCC(C[S@@](=O)c2ccccc2)N2C[C@H](N)C[C@H]2C1=O. The lowest BCUT2D eigenvalue weighted by molar-refractivity contribution is -0.143. The molecule has 2 fully saturated rings. The van der Waals surface area contributed by atoms with Gasteiger partial charge in [0, 0.05) is 47.4 Å². The lowest BCUT2D eigenvalue weighted by Crippen LogP contribution is -2.53. The minimum absolute atomic E-state index is 0.0479. The maximum atomic E-state index is 13.9. The van der Waals surface area contributed by atoms with Crippen LogP contribution in [0, 0.1) is 5.92 Å². The molecular formula is C28H37ClN4O3S. The second kappa shape index (κ2) is 12.5. The highest BCUT2D eigenvalue weighted by molar-refractivity contribution is 7.85. The maximum Gasteiger partial charge on any atom is 0.243 e. The molecule has 2 amide bonds. The maximum absolute atomic E-state index is 13.9. The highest BCUT2D eigenvalue weighted by Gasteiger charge is 2.46. The van der Waals surface area contributed by atoms with E-state index in [9.17, 15) is 13.8 Å². The van der Waals surface area contributed by atoms with Crippen molar-refractivity contribution in [2.24, 2.45) is 11.7 Å². The first-order chi connectivity index (χ1) is 17.7. The Morgan fingerprint density at radius 3 is 2.54 bits per heavy atom. The molecule has 5 atom stereocenters. The molecule has 0 radical (unpaired) electrons. The Morgan fingerprint density at radius 1 is 1.16 bits per heavy atom. The van der Waals surface area contributed by atoms with Crippen LogP contribution < -0.4 is 11.1 Å². The summed E-state index contributed by atoms with van der Waals surface area (Å²) < 4.78 is 13.2. The number of nitrogens with two attached hydrogens (primary N) is 1. The predicted octanol–water partition coefficient (Wildman–Crippen LogP) is 3.18. The summed E-state index contributed by atoms with van der Waals surface area (Å²) in [6.07, 6.45) is 1.76. The molecule has 2 heterocycles. The lowest BCUT2D eigenvalue weighted by Gasteiger charge is -2.33. The molecule has 2 saturated heterocycles. The zero-order chi connectivity index (χ0) is 26.5. The number of benzene rings is 2. The molecule has 0 spiro atoms. The third-order valence-electron chi connectivity index (χ3n) is 7.22. The Morgan fingerprint density at radius 2 is 1.86 bits per heavy atom. The molecule has 0 bridgehead atoms. The fraction of sp³-hybridized carbons (Fsp3) is 0.500. The average Bonchev–Trinajstić information content (AvgIpc) is 3.23. The van der Waals surface area contributed by atoms with E-state index in [2.05, 4.69) is 24.1 Å². The van der Waals surface area contributed by atoms with Crippen molar-refractivity contribution in [2.45, 2.75) is 68.7 Å². The molecule has 2 aliphatic heterocycles. The first-order valence-electron chi connectivity index (χ1n) is 13.0. The minimum Gasteiger partial charge on any atom is -0.350 e. The summed E-state index contributed by atoms with van der Waals surface area (Å²) in [4.78, 5) is 32.0. The van der Waals surface area contributed by atoms with Crippen molar-refractivity contribution in [3.8, 4) is 0 Å². The molecule has 0 aliphatic carbocycles. The van der Waals surface area contributed by atoms with Gasteiger partial charge in [-0.05, 0) is 55.0 Å². The normalized spacial score (nSPS) is 24.0. The van der Waals surface area contributed by atoms with Crippen LogP contribution in [0.1, 0.15) is 38.7 Å². The Labute approximate surface area is 227 Å². The predicted molar refractivity (Wildman–Crippen MR) is 147 cm³/mol. The van der Waals surface area contributed by atoms with Gasteiger partial charge in [0.2, 0.25) is 11.8 Å². The monoisotopic (exact) mass is 544 g/mol. The van der Waals surface area contributed by atoms with Gasteiger partial charge >= 0.3 is 0 Å². The van der Waals surface area contributed by atoms with Gasteiger partial charge in [0.15, 0.2) is 0 Å². The first-order valence-corrected chi connectivity index (χ1v) is 14.7. The van der Waals surface area contributed by atoms with Gasteiger partial charge in [0.05, 0.1) is 16.8 Å². The molecule has 2 aromatic rings. The fourth-order valence-corrected chi connectivity index (χ4v) is 6.85. The standard InChI is InChI=1S/C28H37ClN4O3S/c1-19(2)14-25(27(34)31-16-20-8-10-21(29)11-9-20)32-13-12-23(18-37(36)24-6-4-3-5-7-24)33-17-22(30)15-26(33)28(32)35/h3-11,19,22-23,25-26H,12-18,30H2,1-2H3,(H,31,34)/t22-,23?,25-,26+,37-/m1/s1. The second-order valence-corrected chi connectivity index (χ2v) is 12.4. The molecule has 37 heavy (non-hydrogen) atoms. The third-order valence-corrected chi connectivity index (χ3v) is 8.95. The van der Waals surface area contributed by atoms with Gasteiger partial charge in [0.25, 0.3) is 0 Å². The summed E-state index contributed by atoms with van der Waals surface area (Å²) >= 11 is 5.98. The average molecular weight is 545 g/mol. The van der Waals surface area contributed by atoms with E-state index < -0.39 is 22.9 Å². The number of rotatable bonds is 9. The van der Waals surface area contributed by atoms with Crippen LogP contribution in [0.25, 0.3) is 0 Å². The summed E-state index contributed by atoms with van der Waals surface area (Å²) in [7, 11) is -1.19. The number of nitrogens with one attached hydrogen (secondary N) is 1. The number of hydrogen-bond donors (Lipinski definition) is 2. The van der Waals surface area contributed by atoms with Gasteiger partial charge in [-0.25, -0.2) is 0 Å². The van der Waals surface area contributed by atoms with E-state index in [4.69, 9.17) is 17.3 Å². The van der Waals surface area contributed by atoms with Crippen molar-refractivity contribution in [3.05, 3.63) is 65.2 Å². The molecular weight excluding hydrogens is 508 g/mol. The fourth-order valence-electron chi connectivity index (χ4n) is 5.36. The summed E-state index contributed by atoms with van der Waals surface area (Å²) in [5, 5.41) is 3.68. The summed E-state index contributed by atoms with van der Waals surface area (Å²) in [6.45, 7) is 5.53. The van der Waals surface area contributed by atoms with Crippen LogP contribution in [-0.2, 0) is 26.9 Å². The minimum atomic E-state index is -1.19. The molecule has 3 N–H and O–H groups in total. The number of hydrogen-bond acceptors (Lipinski definition) is 5. The zero-order valence-electron chi connectivity index (χ0n) is 21.5. The Bertz CT molecular complexity index is 1100. The summed E-state index contributed by atoms with van der Waals surface area (Å²) in [6, 6.07) is 15.7. The van der Waals surface area contributed by atoms with Gasteiger partial charge in [-0.15, -0.1) is 0 Å². The van der Waals surface area contributed by atoms with Gasteiger partial charge in [0.1, 0.15) is 6.04 Å². The Kier molecular flexibility index (Phi) is 9.40. The largest absolute Gasteiger partial charge is 0.350 e. The second-order valence-electron chi connectivity index (χ2n) is 10.5. The molecule has 2 aliphatic rings. The number of halogens is 1. The topological polar surface area (TPSA) is 95.7 Å². The Balaban J connectivity index is 1.52. The van der Waals surface area contributed by atoms with Crippen molar-refractivity contribution >= 4 is 34.2 Å². The van der Waals surface area contributed by atoms with Crippen molar-refractivity contribution in [2.75, 3.05) is 18.8 Å². The molecule has 200 valence electrons. The van der Waals surface area contributed by atoms with Gasteiger partial charge in [-0.2, -0.15) is 0 Å². The molecule has 7 nitrogen and oxygen atoms in total. The van der Waals surface area contributed by atoms with Crippen LogP contribution >= 0.6 is 11.6 Å². The van der Waals surface area contributed by atoms with E-state index in [1.165, 1.54) is 0 Å².